The molecule has 0 aliphatic rings. The Hall–Kier alpha value is -2.94. The van der Waals surface area contributed by atoms with Crippen molar-refractivity contribution in [1.82, 2.24) is 0 Å². The second kappa shape index (κ2) is 8.63. The number of carbonyl (C=O) groups excluding carboxylic acids is 2. The second-order valence-electron chi connectivity index (χ2n) is 5.28. The van der Waals surface area contributed by atoms with Crippen molar-refractivity contribution in [3.05, 3.63) is 59.4 Å². The van der Waals surface area contributed by atoms with Gasteiger partial charge in [-0.1, -0.05) is 12.1 Å². The standard InChI is InChI=1S/C18H18FNO6S/c1-3-25-17(21)12-9-13(18(22)26-4-2)11-14(10-12)20-27(23,24)16-8-6-5-7-15(16)19/h5-11,20H,3-4H2,1-2H3. The summed E-state index contributed by atoms with van der Waals surface area (Å²) in [5.41, 5.74) is -0.200. The molecular weight excluding hydrogens is 377 g/mol. The number of benzene rings is 2. The largest absolute Gasteiger partial charge is 0.462 e. The molecule has 0 spiro atoms. The third-order valence-corrected chi connectivity index (χ3v) is 4.75. The van der Waals surface area contributed by atoms with Gasteiger partial charge < -0.3 is 9.47 Å². The summed E-state index contributed by atoms with van der Waals surface area (Å²) >= 11 is 0. The maximum absolute atomic E-state index is 13.8. The molecule has 0 saturated carbocycles. The van der Waals surface area contributed by atoms with Crippen LogP contribution in [0.5, 0.6) is 0 Å². The van der Waals surface area contributed by atoms with Crippen molar-refractivity contribution >= 4 is 27.6 Å². The lowest BCUT2D eigenvalue weighted by Crippen LogP contribution is -2.16. The van der Waals surface area contributed by atoms with Crippen LogP contribution in [0.4, 0.5) is 10.1 Å². The van der Waals surface area contributed by atoms with Gasteiger partial charge in [0.05, 0.1) is 30.0 Å². The predicted molar refractivity (Wildman–Crippen MR) is 95.6 cm³/mol. The molecule has 0 atom stereocenters. The predicted octanol–water partition coefficient (Wildman–Crippen LogP) is 2.98. The van der Waals surface area contributed by atoms with Crippen molar-refractivity contribution in [3.8, 4) is 0 Å². The van der Waals surface area contributed by atoms with E-state index in [0.717, 1.165) is 12.1 Å². The van der Waals surface area contributed by atoms with E-state index in [1.165, 1.54) is 30.3 Å². The number of carbonyl (C=O) groups is 2. The maximum atomic E-state index is 13.8. The minimum Gasteiger partial charge on any atom is -0.462 e. The van der Waals surface area contributed by atoms with E-state index in [0.29, 0.717) is 0 Å². The van der Waals surface area contributed by atoms with Crippen LogP contribution in [0.25, 0.3) is 0 Å². The third-order valence-electron chi connectivity index (χ3n) is 3.33. The first-order chi connectivity index (χ1) is 12.8. The molecule has 2 aromatic rings. The molecular formula is C18H18FNO6S. The number of ether oxygens (including phenoxy) is 2. The number of esters is 2. The van der Waals surface area contributed by atoms with Gasteiger partial charge in [0, 0.05) is 0 Å². The number of sulfonamides is 1. The summed E-state index contributed by atoms with van der Waals surface area (Å²) in [7, 11) is -4.28. The minimum atomic E-state index is -4.28. The number of hydrogen-bond donors (Lipinski definition) is 1. The SMILES string of the molecule is CCOC(=O)c1cc(NS(=O)(=O)c2ccccc2F)cc(C(=O)OCC)c1. The molecule has 0 amide bonds. The maximum Gasteiger partial charge on any atom is 0.338 e. The van der Waals surface area contributed by atoms with Gasteiger partial charge in [-0.3, -0.25) is 4.72 Å². The lowest BCUT2D eigenvalue weighted by atomic mass is 10.1. The van der Waals surface area contributed by atoms with Gasteiger partial charge in [-0.05, 0) is 44.2 Å². The van der Waals surface area contributed by atoms with Crippen LogP contribution in [-0.2, 0) is 19.5 Å². The van der Waals surface area contributed by atoms with Gasteiger partial charge >= 0.3 is 11.9 Å². The lowest BCUT2D eigenvalue weighted by molar-refractivity contribution is 0.0525. The zero-order chi connectivity index (χ0) is 20.0. The minimum absolute atomic E-state index is 0.0476. The van der Waals surface area contributed by atoms with Crippen LogP contribution in [0, 0.1) is 5.82 Å². The second-order valence-corrected chi connectivity index (χ2v) is 6.93. The smallest absolute Gasteiger partial charge is 0.338 e. The normalized spacial score (nSPS) is 10.9. The average Bonchev–Trinajstić information content (AvgIpc) is 2.61. The molecule has 0 fully saturated rings. The molecule has 0 radical (unpaired) electrons. The molecule has 7 nitrogen and oxygen atoms in total. The molecule has 2 aromatic carbocycles. The molecule has 0 saturated heterocycles. The molecule has 0 aliphatic heterocycles. The molecule has 27 heavy (non-hydrogen) atoms. The molecule has 1 N–H and O–H groups in total. The molecule has 9 heteroatoms. The summed E-state index contributed by atoms with van der Waals surface area (Å²) in [6.07, 6.45) is 0. The van der Waals surface area contributed by atoms with Crippen molar-refractivity contribution in [1.29, 1.82) is 0 Å². The molecule has 0 unspecified atom stereocenters. The van der Waals surface area contributed by atoms with Crippen LogP contribution in [0.2, 0.25) is 0 Å². The Morgan fingerprint density at radius 3 is 1.96 bits per heavy atom. The summed E-state index contributed by atoms with van der Waals surface area (Å²) in [4.78, 5) is 23.4. The van der Waals surface area contributed by atoms with Gasteiger partial charge in [0.1, 0.15) is 10.7 Å². The van der Waals surface area contributed by atoms with E-state index in [1.54, 1.807) is 13.8 Å². The monoisotopic (exact) mass is 395 g/mol. The van der Waals surface area contributed by atoms with Crippen LogP contribution in [0.1, 0.15) is 34.6 Å². The Bertz CT molecular complexity index is 922. The van der Waals surface area contributed by atoms with Crippen LogP contribution in [-0.4, -0.2) is 33.6 Å². The highest BCUT2D eigenvalue weighted by atomic mass is 32.2. The fraction of sp³-hybridized carbons (Fsp3) is 0.222. The van der Waals surface area contributed by atoms with Crippen molar-refractivity contribution in [2.75, 3.05) is 17.9 Å². The van der Waals surface area contributed by atoms with E-state index >= 15 is 0 Å². The van der Waals surface area contributed by atoms with E-state index in [2.05, 4.69) is 4.72 Å². The number of halogens is 1. The van der Waals surface area contributed by atoms with E-state index in [4.69, 9.17) is 9.47 Å². The number of hydrogen-bond acceptors (Lipinski definition) is 6. The molecule has 0 aromatic heterocycles. The highest BCUT2D eigenvalue weighted by Gasteiger charge is 2.21. The van der Waals surface area contributed by atoms with Gasteiger partial charge in [0.15, 0.2) is 0 Å². The van der Waals surface area contributed by atoms with Gasteiger partial charge in [0.25, 0.3) is 10.0 Å². The van der Waals surface area contributed by atoms with Crippen LogP contribution >= 0.6 is 0 Å². The highest BCUT2D eigenvalue weighted by molar-refractivity contribution is 7.92. The molecule has 0 aliphatic carbocycles. The summed E-state index contributed by atoms with van der Waals surface area (Å²) in [6.45, 7) is 3.40. The van der Waals surface area contributed by atoms with E-state index in [-0.39, 0.29) is 30.0 Å². The number of nitrogens with one attached hydrogen (secondary N) is 1. The molecule has 2 rings (SSSR count). The van der Waals surface area contributed by atoms with E-state index < -0.39 is 32.7 Å². The zero-order valence-electron chi connectivity index (χ0n) is 14.7. The topological polar surface area (TPSA) is 98.8 Å². The average molecular weight is 395 g/mol. The highest BCUT2D eigenvalue weighted by Crippen LogP contribution is 2.22. The first-order valence-electron chi connectivity index (χ1n) is 8.05. The molecule has 144 valence electrons. The fourth-order valence-corrected chi connectivity index (χ4v) is 3.34. The Morgan fingerprint density at radius 2 is 1.48 bits per heavy atom. The van der Waals surface area contributed by atoms with Gasteiger partial charge in [-0.2, -0.15) is 0 Å². The van der Waals surface area contributed by atoms with Gasteiger partial charge in [-0.25, -0.2) is 22.4 Å². The quantitative estimate of drug-likeness (QED) is 0.724. The Morgan fingerprint density at radius 1 is 0.963 bits per heavy atom. The van der Waals surface area contributed by atoms with Gasteiger partial charge in [0.2, 0.25) is 0 Å². The molecule has 0 bridgehead atoms. The summed E-state index contributed by atoms with van der Waals surface area (Å²) < 4.78 is 50.7. The Balaban J connectivity index is 2.47. The lowest BCUT2D eigenvalue weighted by Gasteiger charge is -2.12. The Labute approximate surface area is 156 Å². The third kappa shape index (κ3) is 5.04. The van der Waals surface area contributed by atoms with E-state index in [9.17, 15) is 22.4 Å². The van der Waals surface area contributed by atoms with Crippen molar-refractivity contribution in [3.63, 3.8) is 0 Å². The number of rotatable bonds is 7. The van der Waals surface area contributed by atoms with Gasteiger partial charge in [-0.15, -0.1) is 0 Å². The summed E-state index contributed by atoms with van der Waals surface area (Å²) in [5, 5.41) is 0. The summed E-state index contributed by atoms with van der Waals surface area (Å²) in [5.74, 6) is -2.41. The van der Waals surface area contributed by atoms with Crippen molar-refractivity contribution in [2.45, 2.75) is 18.7 Å². The van der Waals surface area contributed by atoms with Crippen LogP contribution < -0.4 is 4.72 Å². The first-order valence-corrected chi connectivity index (χ1v) is 9.53. The zero-order valence-corrected chi connectivity index (χ0v) is 15.5. The number of anilines is 1. The fourth-order valence-electron chi connectivity index (χ4n) is 2.22. The first kappa shape index (κ1) is 20.4. The van der Waals surface area contributed by atoms with Crippen LogP contribution in [0.3, 0.4) is 0 Å². The van der Waals surface area contributed by atoms with Crippen molar-refractivity contribution < 1.29 is 31.9 Å². The van der Waals surface area contributed by atoms with Crippen LogP contribution in [0.15, 0.2) is 47.4 Å². The molecule has 0 heterocycles. The van der Waals surface area contributed by atoms with Crippen molar-refractivity contribution in [2.24, 2.45) is 0 Å². The summed E-state index contributed by atoms with van der Waals surface area (Å²) in [6, 6.07) is 8.45. The Kier molecular flexibility index (Phi) is 6.51. The van der Waals surface area contributed by atoms with E-state index in [1.807, 2.05) is 0 Å².